The van der Waals surface area contributed by atoms with E-state index in [2.05, 4.69) is 5.16 Å². The number of non-ortho nitro benzene ring substituents is 1. The highest BCUT2D eigenvalue weighted by molar-refractivity contribution is 5.83. The van der Waals surface area contributed by atoms with Crippen molar-refractivity contribution in [1.82, 2.24) is 0 Å². The molecular weight excluding hydrogens is 322 g/mol. The Morgan fingerprint density at radius 2 is 1.76 bits per heavy atom. The fraction of sp³-hybridized carbons (Fsp3) is 0.222. The first-order chi connectivity index (χ1) is 12.0. The molecular formula is C18H19N3O4. The number of nitro benzene ring substituents is 1. The predicted octanol–water partition coefficient (Wildman–Crippen LogP) is 2.98. The third kappa shape index (κ3) is 6.42. The molecule has 2 aromatic rings. The molecule has 0 radical (unpaired) electrons. The summed E-state index contributed by atoms with van der Waals surface area (Å²) in [6.07, 6.45) is 1.96. The Bertz CT molecular complexity index is 743. The first kappa shape index (κ1) is 18.1. The van der Waals surface area contributed by atoms with E-state index in [0.717, 1.165) is 17.5 Å². The summed E-state index contributed by atoms with van der Waals surface area (Å²) in [6, 6.07) is 15.8. The normalized spacial score (nSPS) is 11.1. The van der Waals surface area contributed by atoms with Crippen LogP contribution in [0.1, 0.15) is 24.0 Å². The molecule has 0 saturated heterocycles. The molecule has 0 saturated carbocycles. The number of carbonyl (C=O) groups excluding carboxylic acids is 1. The van der Waals surface area contributed by atoms with Gasteiger partial charge in [0.05, 0.1) is 4.92 Å². The van der Waals surface area contributed by atoms with Crippen molar-refractivity contribution < 1.29 is 14.6 Å². The number of nitrogens with two attached hydrogens (primary N) is 1. The van der Waals surface area contributed by atoms with Crippen molar-refractivity contribution in [2.75, 3.05) is 0 Å². The second-order valence-electron chi connectivity index (χ2n) is 5.49. The predicted molar refractivity (Wildman–Crippen MR) is 93.9 cm³/mol. The van der Waals surface area contributed by atoms with E-state index in [-0.39, 0.29) is 24.4 Å². The van der Waals surface area contributed by atoms with Crippen LogP contribution in [0.2, 0.25) is 0 Å². The molecule has 0 bridgehead atoms. The van der Waals surface area contributed by atoms with Gasteiger partial charge in [-0.1, -0.05) is 47.6 Å². The number of nitrogens with zero attached hydrogens (tertiary/aromatic N) is 2. The van der Waals surface area contributed by atoms with Crippen LogP contribution >= 0.6 is 0 Å². The van der Waals surface area contributed by atoms with Crippen molar-refractivity contribution in [3.05, 3.63) is 75.8 Å². The Labute approximate surface area is 145 Å². The number of aryl methyl sites for hydroxylation is 1. The summed E-state index contributed by atoms with van der Waals surface area (Å²) >= 11 is 0. The maximum atomic E-state index is 11.6. The monoisotopic (exact) mass is 341 g/mol. The molecule has 0 aliphatic carbocycles. The molecule has 0 unspecified atom stereocenters. The van der Waals surface area contributed by atoms with E-state index >= 15 is 0 Å². The maximum Gasteiger partial charge on any atom is 0.335 e. The number of oxime groups is 1. The van der Waals surface area contributed by atoms with Gasteiger partial charge in [0.25, 0.3) is 5.69 Å². The zero-order chi connectivity index (χ0) is 18.1. The molecule has 0 atom stereocenters. The molecule has 130 valence electrons. The summed E-state index contributed by atoms with van der Waals surface area (Å²) in [5.74, 6) is -0.312. The third-order valence-corrected chi connectivity index (χ3v) is 3.49. The van der Waals surface area contributed by atoms with Gasteiger partial charge < -0.3 is 10.6 Å². The second-order valence-corrected chi connectivity index (χ2v) is 5.49. The van der Waals surface area contributed by atoms with Gasteiger partial charge in [0.2, 0.25) is 0 Å². The van der Waals surface area contributed by atoms with Crippen molar-refractivity contribution >= 4 is 17.5 Å². The molecule has 2 aromatic carbocycles. The molecule has 0 fully saturated rings. The van der Waals surface area contributed by atoms with Gasteiger partial charge in [0.15, 0.2) is 0 Å². The zero-order valence-corrected chi connectivity index (χ0v) is 13.6. The van der Waals surface area contributed by atoms with Crippen molar-refractivity contribution in [2.45, 2.75) is 25.7 Å². The molecule has 0 aliphatic heterocycles. The van der Waals surface area contributed by atoms with Crippen LogP contribution in [-0.2, 0) is 22.5 Å². The fourth-order valence-electron chi connectivity index (χ4n) is 2.21. The molecule has 7 heteroatoms. The zero-order valence-electron chi connectivity index (χ0n) is 13.6. The number of rotatable bonds is 8. The minimum Gasteiger partial charge on any atom is -0.384 e. The number of benzene rings is 2. The maximum absolute atomic E-state index is 11.6. The number of amidine groups is 1. The third-order valence-electron chi connectivity index (χ3n) is 3.49. The van der Waals surface area contributed by atoms with Gasteiger partial charge in [0.1, 0.15) is 5.84 Å². The smallest absolute Gasteiger partial charge is 0.335 e. The Kier molecular flexibility index (Phi) is 6.65. The number of hydrogen-bond donors (Lipinski definition) is 1. The van der Waals surface area contributed by atoms with Crippen LogP contribution in [0.15, 0.2) is 59.8 Å². The van der Waals surface area contributed by atoms with Crippen LogP contribution in [0.4, 0.5) is 5.69 Å². The van der Waals surface area contributed by atoms with E-state index in [1.807, 2.05) is 30.3 Å². The van der Waals surface area contributed by atoms with Crippen molar-refractivity contribution in [2.24, 2.45) is 10.9 Å². The molecule has 0 aliphatic rings. The molecule has 7 nitrogen and oxygen atoms in total. The van der Waals surface area contributed by atoms with Crippen LogP contribution in [0, 0.1) is 10.1 Å². The van der Waals surface area contributed by atoms with Crippen LogP contribution < -0.4 is 5.73 Å². The largest absolute Gasteiger partial charge is 0.384 e. The van der Waals surface area contributed by atoms with Gasteiger partial charge in [-0.3, -0.25) is 10.1 Å². The van der Waals surface area contributed by atoms with Crippen molar-refractivity contribution in [3.8, 4) is 0 Å². The molecule has 0 heterocycles. The average Bonchev–Trinajstić information content (AvgIpc) is 2.61. The number of nitro groups is 1. The molecule has 0 amide bonds. The van der Waals surface area contributed by atoms with Gasteiger partial charge in [0, 0.05) is 25.0 Å². The SMILES string of the molecule is NC(Cc1ccc([N+](=O)[O-])cc1)=NOC(=O)CCCc1ccccc1. The van der Waals surface area contributed by atoms with E-state index in [4.69, 9.17) is 10.6 Å². The minimum absolute atomic E-state index is 0.00380. The second kappa shape index (κ2) is 9.17. The van der Waals surface area contributed by atoms with Crippen molar-refractivity contribution in [3.63, 3.8) is 0 Å². The summed E-state index contributed by atoms with van der Waals surface area (Å²) in [7, 11) is 0. The van der Waals surface area contributed by atoms with Crippen LogP contribution in [0.3, 0.4) is 0 Å². The van der Waals surface area contributed by atoms with E-state index in [1.54, 1.807) is 12.1 Å². The fourth-order valence-corrected chi connectivity index (χ4v) is 2.21. The van der Waals surface area contributed by atoms with Crippen LogP contribution in [0.25, 0.3) is 0 Å². The quantitative estimate of drug-likeness (QED) is 0.261. The summed E-state index contributed by atoms with van der Waals surface area (Å²) in [4.78, 5) is 26.6. The first-order valence-electron chi connectivity index (χ1n) is 7.84. The Morgan fingerprint density at radius 3 is 2.40 bits per heavy atom. The molecule has 2 N–H and O–H groups in total. The lowest BCUT2D eigenvalue weighted by Crippen LogP contribution is -2.16. The Balaban J connectivity index is 1.74. The molecule has 25 heavy (non-hydrogen) atoms. The molecule has 0 spiro atoms. The average molecular weight is 341 g/mol. The molecule has 2 rings (SSSR count). The standard InChI is InChI=1S/C18H19N3O4/c19-17(13-15-9-11-16(12-10-15)21(23)24)20-25-18(22)8-4-7-14-5-2-1-3-6-14/h1-3,5-6,9-12H,4,7-8,13H2,(H2,19,20). The van der Waals surface area contributed by atoms with Crippen molar-refractivity contribution in [1.29, 1.82) is 0 Å². The van der Waals surface area contributed by atoms with Gasteiger partial charge in [-0.2, -0.15) is 0 Å². The lowest BCUT2D eigenvalue weighted by atomic mass is 10.1. The van der Waals surface area contributed by atoms with E-state index < -0.39 is 10.9 Å². The Morgan fingerprint density at radius 1 is 1.08 bits per heavy atom. The van der Waals surface area contributed by atoms with E-state index in [9.17, 15) is 14.9 Å². The summed E-state index contributed by atoms with van der Waals surface area (Å²) < 4.78 is 0. The van der Waals surface area contributed by atoms with E-state index in [0.29, 0.717) is 6.42 Å². The summed E-state index contributed by atoms with van der Waals surface area (Å²) in [5.41, 5.74) is 7.62. The van der Waals surface area contributed by atoms with Gasteiger partial charge in [-0.25, -0.2) is 4.79 Å². The Hall–Kier alpha value is -3.22. The molecule has 0 aromatic heterocycles. The lowest BCUT2D eigenvalue weighted by Gasteiger charge is -2.02. The van der Waals surface area contributed by atoms with Gasteiger partial charge in [-0.05, 0) is 24.0 Å². The van der Waals surface area contributed by atoms with Crippen LogP contribution in [0.5, 0.6) is 0 Å². The lowest BCUT2D eigenvalue weighted by molar-refractivity contribution is -0.384. The first-order valence-corrected chi connectivity index (χ1v) is 7.84. The van der Waals surface area contributed by atoms with E-state index in [1.165, 1.54) is 12.1 Å². The topological polar surface area (TPSA) is 108 Å². The number of hydrogen-bond acceptors (Lipinski definition) is 5. The summed E-state index contributed by atoms with van der Waals surface area (Å²) in [6.45, 7) is 0. The summed E-state index contributed by atoms with van der Waals surface area (Å²) in [5, 5.41) is 14.2. The highest BCUT2D eigenvalue weighted by Gasteiger charge is 2.07. The highest BCUT2D eigenvalue weighted by atomic mass is 16.7. The minimum atomic E-state index is -0.474. The van der Waals surface area contributed by atoms with Gasteiger partial charge in [-0.15, -0.1) is 0 Å². The number of carbonyl (C=O) groups is 1. The van der Waals surface area contributed by atoms with Crippen LogP contribution in [-0.4, -0.2) is 16.7 Å². The highest BCUT2D eigenvalue weighted by Crippen LogP contribution is 2.12. The van der Waals surface area contributed by atoms with Gasteiger partial charge >= 0.3 is 5.97 Å².